The van der Waals surface area contributed by atoms with E-state index in [1.807, 2.05) is 27.7 Å². The van der Waals surface area contributed by atoms with Crippen LogP contribution in [-0.2, 0) is 0 Å². The fourth-order valence-electron chi connectivity index (χ4n) is 5.75. The van der Waals surface area contributed by atoms with Crippen LogP contribution in [0.5, 0.6) is 5.75 Å². The summed E-state index contributed by atoms with van der Waals surface area (Å²) in [6.07, 6.45) is -3.35. The predicted octanol–water partition coefficient (Wildman–Crippen LogP) is 6.55. The summed E-state index contributed by atoms with van der Waals surface area (Å²) in [6, 6.07) is 3.72. The van der Waals surface area contributed by atoms with E-state index in [-0.39, 0.29) is 12.0 Å². The van der Waals surface area contributed by atoms with Gasteiger partial charge in [-0.2, -0.15) is 13.2 Å². The Morgan fingerprint density at radius 1 is 1.17 bits per heavy atom. The topological polar surface area (TPSA) is 85.6 Å². The molecule has 0 saturated carbocycles. The van der Waals surface area contributed by atoms with Gasteiger partial charge in [0.2, 0.25) is 0 Å². The maximum atomic E-state index is 13.2. The number of aliphatic hydroxyl groups is 1. The van der Waals surface area contributed by atoms with E-state index >= 15 is 0 Å². The summed E-state index contributed by atoms with van der Waals surface area (Å²) in [5, 5.41) is 19.0. The minimum Gasteiger partial charge on any atom is -0.491 e. The molecule has 7 nitrogen and oxygen atoms in total. The van der Waals surface area contributed by atoms with Crippen LogP contribution < -0.4 is 9.64 Å². The van der Waals surface area contributed by atoms with Gasteiger partial charge in [0.1, 0.15) is 24.2 Å². The lowest BCUT2D eigenvalue weighted by atomic mass is 9.72. The van der Waals surface area contributed by atoms with E-state index in [4.69, 9.17) is 31.7 Å². The number of nitrogens with one attached hydrogen (secondary N) is 1. The molecule has 2 N–H and O–H groups in total. The molecule has 1 aromatic heterocycles. The molecule has 0 aliphatic carbocycles. The Balaban J connectivity index is 1.68. The second-order valence-electron chi connectivity index (χ2n) is 11.7. The van der Waals surface area contributed by atoms with Crippen LogP contribution in [0.4, 0.5) is 19.0 Å². The zero-order chi connectivity index (χ0) is 30.3. The Morgan fingerprint density at radius 2 is 1.83 bits per heavy atom. The molecule has 2 aliphatic heterocycles. The molecule has 1 spiro atoms. The summed E-state index contributed by atoms with van der Waals surface area (Å²) >= 11 is 6.63. The van der Waals surface area contributed by atoms with Crippen molar-refractivity contribution in [3.05, 3.63) is 40.1 Å². The van der Waals surface area contributed by atoms with Crippen LogP contribution in [0.25, 0.3) is 17.0 Å². The van der Waals surface area contributed by atoms with E-state index in [1.165, 1.54) is 11.8 Å². The van der Waals surface area contributed by atoms with Gasteiger partial charge in [0.05, 0.1) is 16.8 Å². The highest BCUT2D eigenvalue weighted by Gasteiger charge is 2.56. The van der Waals surface area contributed by atoms with Gasteiger partial charge in [-0.25, -0.2) is 9.97 Å². The molecule has 1 unspecified atom stereocenters. The van der Waals surface area contributed by atoms with Gasteiger partial charge >= 0.3 is 6.18 Å². The highest BCUT2D eigenvalue weighted by atomic mass is 35.5. The van der Waals surface area contributed by atoms with Gasteiger partial charge in [-0.15, -0.1) is 0 Å². The van der Waals surface area contributed by atoms with Crippen LogP contribution >= 0.6 is 11.6 Å². The van der Waals surface area contributed by atoms with Gasteiger partial charge in [0, 0.05) is 54.0 Å². The fourth-order valence-corrected chi connectivity index (χ4v) is 5.95. The molecule has 0 radical (unpaired) electrons. The molecule has 0 bridgehead atoms. The standard InChI is InChI=1S/C30H39ClF3N5O2/c1-7-8-21(40)12-41-22-9-10-24(31)23(11-22)27-36-26(25(17(2)3)19(5)35)18(4)28(37-27)39-15-29(16-39)13-38(14-29)20(6)30(32,33)34/h9-11,20-21,35,40H,7-8,12-16H2,1-6H3/t20?,21-/m1/s1. The van der Waals surface area contributed by atoms with Crippen molar-refractivity contribution in [3.63, 3.8) is 0 Å². The number of aliphatic hydroxyl groups excluding tert-OH is 1. The SMILES string of the molecule is CCC[C@@H](O)COc1ccc(Cl)c(-c2nc(C(C(C)=N)=C(C)C)c(C)c(N3CC4(C3)CN(C(C)C(F)(F)F)C4)n2)c1. The van der Waals surface area contributed by atoms with Crippen molar-refractivity contribution in [3.8, 4) is 17.1 Å². The number of ether oxygens (including phenoxy) is 1. The minimum absolute atomic E-state index is 0.148. The number of alkyl halides is 3. The second kappa shape index (κ2) is 11.9. The number of hydrogen-bond donors (Lipinski definition) is 2. The van der Waals surface area contributed by atoms with Crippen LogP contribution in [0.15, 0.2) is 23.8 Å². The number of likely N-dealkylation sites (tertiary alicyclic amines) is 1. The van der Waals surface area contributed by atoms with Crippen LogP contribution in [-0.4, -0.2) is 76.8 Å². The van der Waals surface area contributed by atoms with E-state index in [2.05, 4.69) is 4.90 Å². The Labute approximate surface area is 244 Å². The molecular formula is C30H39ClF3N5O2. The lowest BCUT2D eigenvalue weighted by molar-refractivity contribution is -0.207. The number of hydrogen-bond acceptors (Lipinski definition) is 7. The largest absolute Gasteiger partial charge is 0.491 e. The van der Waals surface area contributed by atoms with Crippen molar-refractivity contribution < 1.29 is 23.0 Å². The Morgan fingerprint density at radius 3 is 2.39 bits per heavy atom. The third kappa shape index (κ3) is 6.54. The van der Waals surface area contributed by atoms with Crippen LogP contribution in [0.3, 0.4) is 0 Å². The average Bonchev–Trinajstić information content (AvgIpc) is 2.82. The number of nitrogens with zero attached hydrogens (tertiary/aromatic N) is 4. The molecular weight excluding hydrogens is 555 g/mol. The molecule has 0 amide bonds. The second-order valence-corrected chi connectivity index (χ2v) is 12.1. The molecule has 4 rings (SSSR count). The van der Waals surface area contributed by atoms with E-state index in [0.29, 0.717) is 77.6 Å². The maximum absolute atomic E-state index is 13.2. The quantitative estimate of drug-likeness (QED) is 0.304. The first-order chi connectivity index (χ1) is 19.2. The summed E-state index contributed by atoms with van der Waals surface area (Å²) in [5.41, 5.74) is 3.79. The van der Waals surface area contributed by atoms with Gasteiger partial charge in [0.25, 0.3) is 0 Å². The number of aromatic nitrogens is 2. The number of anilines is 1. The summed E-state index contributed by atoms with van der Waals surface area (Å²) in [6.45, 7) is 12.8. The zero-order valence-electron chi connectivity index (χ0n) is 24.5. The summed E-state index contributed by atoms with van der Waals surface area (Å²) < 4.78 is 45.4. The van der Waals surface area contributed by atoms with E-state index in [0.717, 1.165) is 17.6 Å². The van der Waals surface area contributed by atoms with Crippen molar-refractivity contribution in [2.75, 3.05) is 37.7 Å². The lowest BCUT2D eigenvalue weighted by Gasteiger charge is -2.62. The number of rotatable bonds is 10. The summed E-state index contributed by atoms with van der Waals surface area (Å²) in [4.78, 5) is 13.4. The summed E-state index contributed by atoms with van der Waals surface area (Å²) in [7, 11) is 0. The predicted molar refractivity (Wildman–Crippen MR) is 157 cm³/mol. The molecule has 2 aromatic rings. The van der Waals surface area contributed by atoms with Crippen LogP contribution in [0.2, 0.25) is 5.02 Å². The van der Waals surface area contributed by atoms with Crippen molar-refractivity contribution in [1.29, 1.82) is 5.41 Å². The van der Waals surface area contributed by atoms with E-state index in [1.54, 1.807) is 25.1 Å². The van der Waals surface area contributed by atoms with Gasteiger partial charge in [-0.3, -0.25) is 4.90 Å². The molecule has 2 aliphatic rings. The van der Waals surface area contributed by atoms with Gasteiger partial charge in [-0.1, -0.05) is 30.5 Å². The molecule has 224 valence electrons. The normalized spacial score (nSPS) is 18.0. The Hall–Kier alpha value is -2.69. The minimum atomic E-state index is -4.24. The monoisotopic (exact) mass is 593 g/mol. The van der Waals surface area contributed by atoms with E-state index < -0.39 is 18.3 Å². The van der Waals surface area contributed by atoms with Crippen molar-refractivity contribution in [1.82, 2.24) is 14.9 Å². The zero-order valence-corrected chi connectivity index (χ0v) is 25.2. The highest BCUT2D eigenvalue weighted by molar-refractivity contribution is 6.33. The molecule has 2 fully saturated rings. The summed E-state index contributed by atoms with van der Waals surface area (Å²) in [5.74, 6) is 1.57. The molecule has 11 heteroatoms. The first-order valence-electron chi connectivity index (χ1n) is 13.9. The first kappa shape index (κ1) is 31.3. The maximum Gasteiger partial charge on any atom is 0.403 e. The van der Waals surface area contributed by atoms with Gasteiger partial charge in [-0.05, 0) is 59.2 Å². The lowest BCUT2D eigenvalue weighted by Crippen LogP contribution is -2.74. The smallest absolute Gasteiger partial charge is 0.403 e. The Bertz CT molecular complexity index is 1330. The fraction of sp³-hybridized carbons (Fsp3) is 0.567. The average molecular weight is 594 g/mol. The third-order valence-corrected chi connectivity index (χ3v) is 8.26. The van der Waals surface area contributed by atoms with Gasteiger partial charge < -0.3 is 20.2 Å². The molecule has 41 heavy (non-hydrogen) atoms. The van der Waals surface area contributed by atoms with Crippen molar-refractivity contribution in [2.45, 2.75) is 72.7 Å². The van der Waals surface area contributed by atoms with Crippen molar-refractivity contribution >= 4 is 28.7 Å². The van der Waals surface area contributed by atoms with Crippen LogP contribution in [0.1, 0.15) is 58.7 Å². The molecule has 2 atom stereocenters. The number of benzene rings is 1. The van der Waals surface area contributed by atoms with Crippen molar-refractivity contribution in [2.24, 2.45) is 5.41 Å². The number of halogens is 4. The highest BCUT2D eigenvalue weighted by Crippen LogP contribution is 2.46. The number of allylic oxidation sites excluding steroid dienone is 2. The Kier molecular flexibility index (Phi) is 9.07. The molecule has 1 aromatic carbocycles. The van der Waals surface area contributed by atoms with Crippen LogP contribution in [0, 0.1) is 17.7 Å². The molecule has 3 heterocycles. The first-order valence-corrected chi connectivity index (χ1v) is 14.3. The van der Waals surface area contributed by atoms with Gasteiger partial charge in [0.15, 0.2) is 5.82 Å². The third-order valence-electron chi connectivity index (χ3n) is 7.93. The molecule has 2 saturated heterocycles. The van der Waals surface area contributed by atoms with E-state index in [9.17, 15) is 18.3 Å².